The van der Waals surface area contributed by atoms with E-state index in [1.54, 1.807) is 6.20 Å². The Hall–Kier alpha value is -2.85. The molecule has 0 atom stereocenters. The standard InChI is InChI=1S/C21H17ClN2O2/c1-2-14-19-17(11-23-20(14)21(25)26)24-16-9-5-7-13(18(16)19)10-12-6-3-4-8-15(12)22/h3-9,11,24H,2,10H2,1H3,(H,25,26). The van der Waals surface area contributed by atoms with Gasteiger partial charge in [0.25, 0.3) is 0 Å². The van der Waals surface area contributed by atoms with Gasteiger partial charge in [0.15, 0.2) is 5.69 Å². The van der Waals surface area contributed by atoms with Gasteiger partial charge in [-0.25, -0.2) is 9.78 Å². The highest BCUT2D eigenvalue weighted by Gasteiger charge is 2.19. The van der Waals surface area contributed by atoms with Crippen LogP contribution in [0.2, 0.25) is 5.02 Å². The van der Waals surface area contributed by atoms with Gasteiger partial charge in [0.2, 0.25) is 0 Å². The Morgan fingerprint density at radius 1 is 1.08 bits per heavy atom. The van der Waals surface area contributed by atoms with Crippen molar-refractivity contribution in [2.24, 2.45) is 0 Å². The van der Waals surface area contributed by atoms with Gasteiger partial charge in [-0.2, -0.15) is 0 Å². The van der Waals surface area contributed by atoms with Crippen LogP contribution in [-0.4, -0.2) is 21.0 Å². The van der Waals surface area contributed by atoms with E-state index in [4.69, 9.17) is 11.6 Å². The second-order valence-electron chi connectivity index (χ2n) is 6.27. The van der Waals surface area contributed by atoms with Crippen molar-refractivity contribution in [3.05, 3.63) is 76.1 Å². The maximum Gasteiger partial charge on any atom is 0.354 e. The van der Waals surface area contributed by atoms with E-state index in [9.17, 15) is 9.90 Å². The summed E-state index contributed by atoms with van der Waals surface area (Å²) in [4.78, 5) is 19.1. The minimum absolute atomic E-state index is 0.119. The van der Waals surface area contributed by atoms with Gasteiger partial charge in [-0.3, -0.25) is 0 Å². The van der Waals surface area contributed by atoms with Crippen molar-refractivity contribution >= 4 is 39.4 Å². The molecule has 4 rings (SSSR count). The highest BCUT2D eigenvalue weighted by atomic mass is 35.5. The molecule has 0 spiro atoms. The maximum absolute atomic E-state index is 11.6. The molecule has 4 nitrogen and oxygen atoms in total. The molecule has 0 aliphatic carbocycles. The number of rotatable bonds is 4. The summed E-state index contributed by atoms with van der Waals surface area (Å²) in [5.74, 6) is -0.998. The molecule has 2 heterocycles. The Bertz CT molecular complexity index is 1150. The lowest BCUT2D eigenvalue weighted by Gasteiger charge is -2.09. The number of carboxylic acids is 1. The molecule has 0 radical (unpaired) electrons. The van der Waals surface area contributed by atoms with E-state index in [0.29, 0.717) is 12.8 Å². The number of carbonyl (C=O) groups is 1. The minimum Gasteiger partial charge on any atom is -0.477 e. The minimum atomic E-state index is -0.998. The fourth-order valence-electron chi connectivity index (χ4n) is 3.60. The topological polar surface area (TPSA) is 66.0 Å². The number of halogens is 1. The summed E-state index contributed by atoms with van der Waals surface area (Å²) in [5, 5.41) is 12.2. The van der Waals surface area contributed by atoms with Crippen molar-refractivity contribution in [3.8, 4) is 0 Å². The molecule has 0 fully saturated rings. The van der Waals surface area contributed by atoms with Crippen LogP contribution in [0.25, 0.3) is 21.8 Å². The molecule has 130 valence electrons. The monoisotopic (exact) mass is 364 g/mol. The van der Waals surface area contributed by atoms with Crippen molar-refractivity contribution in [1.29, 1.82) is 0 Å². The van der Waals surface area contributed by atoms with Crippen LogP contribution in [0.15, 0.2) is 48.7 Å². The van der Waals surface area contributed by atoms with Crippen LogP contribution in [0.4, 0.5) is 0 Å². The number of hydrogen-bond acceptors (Lipinski definition) is 2. The third kappa shape index (κ3) is 2.63. The van der Waals surface area contributed by atoms with Crippen molar-refractivity contribution in [1.82, 2.24) is 9.97 Å². The Balaban J connectivity index is 2.03. The molecular formula is C21H17ClN2O2. The Labute approximate surface area is 155 Å². The molecule has 0 amide bonds. The molecule has 0 saturated carbocycles. The summed E-state index contributed by atoms with van der Waals surface area (Å²) in [6.07, 6.45) is 2.88. The Morgan fingerprint density at radius 3 is 2.58 bits per heavy atom. The van der Waals surface area contributed by atoms with Crippen LogP contribution in [0.3, 0.4) is 0 Å². The zero-order valence-corrected chi connectivity index (χ0v) is 15.0. The zero-order chi connectivity index (χ0) is 18.3. The largest absolute Gasteiger partial charge is 0.477 e. The number of hydrogen-bond donors (Lipinski definition) is 2. The third-order valence-corrected chi connectivity index (χ3v) is 5.11. The van der Waals surface area contributed by atoms with Gasteiger partial charge < -0.3 is 10.1 Å². The van der Waals surface area contributed by atoms with E-state index >= 15 is 0 Å². The first-order valence-electron chi connectivity index (χ1n) is 8.48. The first kappa shape index (κ1) is 16.6. The van der Waals surface area contributed by atoms with E-state index in [0.717, 1.165) is 43.5 Å². The number of fused-ring (bicyclic) bond motifs is 3. The van der Waals surface area contributed by atoms with Gasteiger partial charge >= 0.3 is 5.97 Å². The second kappa shape index (κ2) is 6.46. The molecule has 2 aromatic carbocycles. The van der Waals surface area contributed by atoms with Crippen LogP contribution in [0.5, 0.6) is 0 Å². The molecule has 5 heteroatoms. The normalized spacial score (nSPS) is 11.3. The lowest BCUT2D eigenvalue weighted by molar-refractivity contribution is 0.0689. The molecule has 0 saturated heterocycles. The number of nitrogens with one attached hydrogen (secondary N) is 1. The summed E-state index contributed by atoms with van der Waals surface area (Å²) >= 11 is 6.35. The number of aromatic carboxylic acids is 1. The van der Waals surface area contributed by atoms with E-state index in [1.807, 2.05) is 43.3 Å². The first-order chi connectivity index (χ1) is 12.6. The fraction of sp³-hybridized carbons (Fsp3) is 0.143. The Morgan fingerprint density at radius 2 is 1.85 bits per heavy atom. The summed E-state index contributed by atoms with van der Waals surface area (Å²) in [6.45, 7) is 1.96. The van der Waals surface area contributed by atoms with Crippen molar-refractivity contribution in [3.63, 3.8) is 0 Å². The van der Waals surface area contributed by atoms with Crippen LogP contribution in [0.1, 0.15) is 34.1 Å². The van der Waals surface area contributed by atoms with Gasteiger partial charge in [0.05, 0.1) is 11.7 Å². The van der Waals surface area contributed by atoms with Gasteiger partial charge in [-0.15, -0.1) is 0 Å². The van der Waals surface area contributed by atoms with Crippen LogP contribution >= 0.6 is 11.6 Å². The number of benzene rings is 2. The maximum atomic E-state index is 11.6. The number of aromatic amines is 1. The lowest BCUT2D eigenvalue weighted by atomic mass is 9.96. The number of H-pyrrole nitrogens is 1. The van der Waals surface area contributed by atoms with Crippen molar-refractivity contribution in [2.45, 2.75) is 19.8 Å². The second-order valence-corrected chi connectivity index (χ2v) is 6.67. The number of aromatic nitrogens is 2. The molecule has 2 aromatic heterocycles. The average molecular weight is 365 g/mol. The predicted molar refractivity (Wildman–Crippen MR) is 104 cm³/mol. The fourth-order valence-corrected chi connectivity index (χ4v) is 3.80. The predicted octanol–water partition coefficient (Wildman–Crippen LogP) is 5.22. The van der Waals surface area contributed by atoms with E-state index in [-0.39, 0.29) is 5.69 Å². The third-order valence-electron chi connectivity index (χ3n) is 4.74. The number of carboxylic acid groups (broad SMARTS) is 1. The van der Waals surface area contributed by atoms with Gasteiger partial charge in [-0.05, 0) is 41.7 Å². The lowest BCUT2D eigenvalue weighted by Crippen LogP contribution is -2.05. The molecule has 0 unspecified atom stereocenters. The quantitative estimate of drug-likeness (QED) is 0.521. The SMILES string of the molecule is CCc1c(C(=O)O)ncc2[nH]c3cccc(Cc4ccccc4Cl)c3c12. The summed E-state index contributed by atoms with van der Waals surface area (Å²) in [6, 6.07) is 13.9. The summed E-state index contributed by atoms with van der Waals surface area (Å²) in [5.41, 5.74) is 4.86. The van der Waals surface area contributed by atoms with Gasteiger partial charge in [0, 0.05) is 21.3 Å². The summed E-state index contributed by atoms with van der Waals surface area (Å²) < 4.78 is 0. The molecular weight excluding hydrogens is 348 g/mol. The summed E-state index contributed by atoms with van der Waals surface area (Å²) in [7, 11) is 0. The van der Waals surface area contributed by atoms with E-state index in [2.05, 4.69) is 16.0 Å². The number of pyridine rings is 1. The highest BCUT2D eigenvalue weighted by Crippen LogP contribution is 2.34. The molecule has 4 aromatic rings. The highest BCUT2D eigenvalue weighted by molar-refractivity contribution is 6.31. The van der Waals surface area contributed by atoms with E-state index in [1.165, 1.54) is 0 Å². The van der Waals surface area contributed by atoms with Crippen LogP contribution < -0.4 is 0 Å². The molecule has 0 bridgehead atoms. The smallest absolute Gasteiger partial charge is 0.354 e. The van der Waals surface area contributed by atoms with Crippen LogP contribution in [-0.2, 0) is 12.8 Å². The Kier molecular flexibility index (Phi) is 4.13. The molecule has 26 heavy (non-hydrogen) atoms. The average Bonchev–Trinajstić information content (AvgIpc) is 3.02. The van der Waals surface area contributed by atoms with Gasteiger partial charge in [-0.1, -0.05) is 48.9 Å². The molecule has 0 aliphatic heterocycles. The van der Waals surface area contributed by atoms with Gasteiger partial charge in [0.1, 0.15) is 0 Å². The number of nitrogens with zero attached hydrogens (tertiary/aromatic N) is 1. The first-order valence-corrected chi connectivity index (χ1v) is 8.85. The van der Waals surface area contributed by atoms with E-state index < -0.39 is 5.97 Å². The molecule has 0 aliphatic rings. The zero-order valence-electron chi connectivity index (χ0n) is 14.2. The van der Waals surface area contributed by atoms with Crippen LogP contribution in [0, 0.1) is 0 Å². The van der Waals surface area contributed by atoms with Crippen molar-refractivity contribution < 1.29 is 9.90 Å². The van der Waals surface area contributed by atoms with Crippen molar-refractivity contribution in [2.75, 3.05) is 0 Å². The molecule has 2 N–H and O–H groups in total. The number of aryl methyl sites for hydroxylation is 1.